The number of hydrogen-bond acceptors (Lipinski definition) is 2. The molecule has 0 radical (unpaired) electrons. The molecule has 1 aromatic carbocycles. The fraction of sp³-hybridized carbons (Fsp3) is 0.538. The number of halogens is 2. The molecule has 0 aromatic heterocycles. The van der Waals surface area contributed by atoms with Gasteiger partial charge in [-0.15, -0.1) is 0 Å². The molecule has 1 heterocycles. The fourth-order valence-corrected chi connectivity index (χ4v) is 3.41. The lowest BCUT2D eigenvalue weighted by molar-refractivity contribution is 0.0962. The van der Waals surface area contributed by atoms with Crippen LogP contribution in [-0.4, -0.2) is 19.8 Å². The first-order valence-electron chi connectivity index (χ1n) is 5.87. The Morgan fingerprint density at radius 2 is 2.18 bits per heavy atom. The van der Waals surface area contributed by atoms with E-state index in [0.29, 0.717) is 18.1 Å². The summed E-state index contributed by atoms with van der Waals surface area (Å²) >= 11 is 7.17. The highest BCUT2D eigenvalue weighted by molar-refractivity contribution is 9.11. The van der Waals surface area contributed by atoms with Gasteiger partial charge in [0.2, 0.25) is 0 Å². The second-order valence-electron chi connectivity index (χ2n) is 4.46. The molecule has 1 aliphatic heterocycles. The second-order valence-corrected chi connectivity index (χ2v) is 6.23. The molecule has 17 heavy (non-hydrogen) atoms. The predicted octanol–water partition coefficient (Wildman–Crippen LogP) is 3.90. The minimum atomic E-state index is 0.318. The van der Waals surface area contributed by atoms with Gasteiger partial charge in [-0.2, -0.15) is 0 Å². The van der Waals surface area contributed by atoms with Crippen LogP contribution in [0.3, 0.4) is 0 Å². The highest BCUT2D eigenvalue weighted by Gasteiger charge is 2.32. The number of rotatable bonds is 3. The van der Waals surface area contributed by atoms with Gasteiger partial charge >= 0.3 is 0 Å². The van der Waals surface area contributed by atoms with Gasteiger partial charge in [-0.25, -0.2) is 0 Å². The number of benzene rings is 1. The van der Waals surface area contributed by atoms with Crippen LogP contribution in [0.25, 0.3) is 0 Å². The van der Waals surface area contributed by atoms with Gasteiger partial charge in [-0.05, 0) is 44.2 Å². The van der Waals surface area contributed by atoms with E-state index in [-0.39, 0.29) is 0 Å². The van der Waals surface area contributed by atoms with E-state index in [0.717, 1.165) is 22.0 Å². The van der Waals surface area contributed by atoms with E-state index in [2.05, 4.69) is 62.3 Å². The summed E-state index contributed by atoms with van der Waals surface area (Å²) in [5.74, 6) is 0.533. The van der Waals surface area contributed by atoms with Crippen molar-refractivity contribution >= 4 is 31.9 Å². The predicted molar refractivity (Wildman–Crippen MR) is 77.2 cm³/mol. The zero-order chi connectivity index (χ0) is 12.4. The van der Waals surface area contributed by atoms with E-state index in [1.807, 2.05) is 7.05 Å². The number of hydrogen-bond donors (Lipinski definition) is 1. The molecule has 0 aliphatic carbocycles. The highest BCUT2D eigenvalue weighted by atomic mass is 79.9. The van der Waals surface area contributed by atoms with Crippen molar-refractivity contribution in [2.75, 3.05) is 13.7 Å². The highest BCUT2D eigenvalue weighted by Crippen LogP contribution is 2.37. The zero-order valence-corrected chi connectivity index (χ0v) is 13.2. The van der Waals surface area contributed by atoms with E-state index < -0.39 is 0 Å². The Bertz CT molecular complexity index is 397. The third-order valence-electron chi connectivity index (χ3n) is 3.47. The standard InChI is InChI=1S/C13H17Br2NO/c1-8-10(5-6-17-8)13(16-2)11-7-9(14)3-4-12(11)15/h3-4,7-8,10,13,16H,5-6H2,1-2H3. The molecule has 1 aromatic rings. The van der Waals surface area contributed by atoms with Gasteiger partial charge in [-0.1, -0.05) is 31.9 Å². The lowest BCUT2D eigenvalue weighted by Crippen LogP contribution is -2.29. The van der Waals surface area contributed by atoms with Crippen molar-refractivity contribution in [3.63, 3.8) is 0 Å². The van der Waals surface area contributed by atoms with Crippen LogP contribution in [0.5, 0.6) is 0 Å². The first-order valence-corrected chi connectivity index (χ1v) is 7.46. The van der Waals surface area contributed by atoms with Crippen molar-refractivity contribution in [3.8, 4) is 0 Å². The third kappa shape index (κ3) is 2.92. The smallest absolute Gasteiger partial charge is 0.0594 e. The maximum atomic E-state index is 5.67. The van der Waals surface area contributed by atoms with E-state index in [4.69, 9.17) is 4.74 Å². The normalized spacial score (nSPS) is 26.1. The molecule has 1 N–H and O–H groups in total. The van der Waals surface area contributed by atoms with Crippen molar-refractivity contribution < 1.29 is 4.74 Å². The average Bonchev–Trinajstić information content (AvgIpc) is 2.71. The average molecular weight is 363 g/mol. The monoisotopic (exact) mass is 361 g/mol. The van der Waals surface area contributed by atoms with E-state index >= 15 is 0 Å². The topological polar surface area (TPSA) is 21.3 Å². The first-order chi connectivity index (χ1) is 8.13. The molecule has 2 rings (SSSR count). The molecule has 0 saturated carbocycles. The molecular weight excluding hydrogens is 346 g/mol. The summed E-state index contributed by atoms with van der Waals surface area (Å²) in [6.45, 7) is 3.03. The minimum absolute atomic E-state index is 0.318. The molecular formula is C13H17Br2NO. The van der Waals surface area contributed by atoms with Gasteiger partial charge in [0.15, 0.2) is 0 Å². The summed E-state index contributed by atoms with van der Waals surface area (Å²) in [4.78, 5) is 0. The molecule has 0 spiro atoms. The summed E-state index contributed by atoms with van der Waals surface area (Å²) < 4.78 is 7.94. The van der Waals surface area contributed by atoms with Gasteiger partial charge in [0.25, 0.3) is 0 Å². The van der Waals surface area contributed by atoms with Crippen LogP contribution in [0.15, 0.2) is 27.1 Å². The van der Waals surface area contributed by atoms with Gasteiger partial charge in [0.05, 0.1) is 6.10 Å². The SMILES string of the molecule is CNC(c1cc(Br)ccc1Br)C1CCOC1C. The Morgan fingerprint density at radius 3 is 2.76 bits per heavy atom. The van der Waals surface area contributed by atoms with Gasteiger partial charge in [0.1, 0.15) is 0 Å². The van der Waals surface area contributed by atoms with Crippen LogP contribution < -0.4 is 5.32 Å². The van der Waals surface area contributed by atoms with E-state index in [1.165, 1.54) is 5.56 Å². The number of nitrogens with one attached hydrogen (secondary N) is 1. The Labute approximate surface area is 119 Å². The third-order valence-corrected chi connectivity index (χ3v) is 4.68. The summed E-state index contributed by atoms with van der Waals surface area (Å²) in [7, 11) is 2.02. The quantitative estimate of drug-likeness (QED) is 0.880. The molecule has 94 valence electrons. The van der Waals surface area contributed by atoms with Crippen molar-refractivity contribution in [1.29, 1.82) is 0 Å². The lowest BCUT2D eigenvalue weighted by Gasteiger charge is -2.27. The first kappa shape index (κ1) is 13.5. The lowest BCUT2D eigenvalue weighted by atomic mass is 9.88. The second kappa shape index (κ2) is 5.83. The van der Waals surface area contributed by atoms with Crippen LogP contribution in [0.4, 0.5) is 0 Å². The fourth-order valence-electron chi connectivity index (χ4n) is 2.54. The number of ether oxygens (including phenoxy) is 1. The molecule has 1 saturated heterocycles. The minimum Gasteiger partial charge on any atom is -0.378 e. The van der Waals surface area contributed by atoms with Crippen LogP contribution in [0, 0.1) is 5.92 Å². The molecule has 0 amide bonds. The molecule has 1 aliphatic rings. The molecule has 2 nitrogen and oxygen atoms in total. The maximum absolute atomic E-state index is 5.67. The maximum Gasteiger partial charge on any atom is 0.0594 e. The van der Waals surface area contributed by atoms with Crippen LogP contribution in [0.1, 0.15) is 24.9 Å². The van der Waals surface area contributed by atoms with Gasteiger partial charge < -0.3 is 10.1 Å². The van der Waals surface area contributed by atoms with Crippen LogP contribution >= 0.6 is 31.9 Å². The Hall–Kier alpha value is 0.1000. The molecule has 3 atom stereocenters. The molecule has 3 unspecified atom stereocenters. The summed E-state index contributed by atoms with van der Waals surface area (Å²) in [6, 6.07) is 6.65. The largest absolute Gasteiger partial charge is 0.378 e. The Kier molecular flexibility index (Phi) is 4.64. The summed E-state index contributed by atoms with van der Waals surface area (Å²) in [5.41, 5.74) is 1.30. The Balaban J connectivity index is 2.31. The van der Waals surface area contributed by atoms with Crippen molar-refractivity contribution in [1.82, 2.24) is 5.32 Å². The summed E-state index contributed by atoms with van der Waals surface area (Å²) in [5, 5.41) is 3.43. The van der Waals surface area contributed by atoms with Crippen LogP contribution in [-0.2, 0) is 4.74 Å². The van der Waals surface area contributed by atoms with Crippen molar-refractivity contribution in [2.24, 2.45) is 5.92 Å². The van der Waals surface area contributed by atoms with E-state index in [9.17, 15) is 0 Å². The van der Waals surface area contributed by atoms with Crippen molar-refractivity contribution in [2.45, 2.75) is 25.5 Å². The summed E-state index contributed by atoms with van der Waals surface area (Å²) in [6.07, 6.45) is 1.43. The van der Waals surface area contributed by atoms with Gasteiger partial charge in [-0.3, -0.25) is 0 Å². The molecule has 1 fully saturated rings. The molecule has 4 heteroatoms. The van der Waals surface area contributed by atoms with E-state index in [1.54, 1.807) is 0 Å². The zero-order valence-electron chi connectivity index (χ0n) is 10.0. The van der Waals surface area contributed by atoms with Gasteiger partial charge in [0, 0.05) is 27.5 Å². The van der Waals surface area contributed by atoms with Crippen LogP contribution in [0.2, 0.25) is 0 Å². The van der Waals surface area contributed by atoms with Crippen molar-refractivity contribution in [3.05, 3.63) is 32.7 Å². The molecule has 0 bridgehead atoms. The Morgan fingerprint density at radius 1 is 1.41 bits per heavy atom.